The van der Waals surface area contributed by atoms with Gasteiger partial charge in [0, 0.05) is 6.54 Å². The molecule has 0 fully saturated rings. The third-order valence-electron chi connectivity index (χ3n) is 2.01. The molecule has 0 N–H and O–H groups in total. The molecule has 0 spiro atoms. The Labute approximate surface area is 130 Å². The van der Waals surface area contributed by atoms with Gasteiger partial charge in [-0.15, -0.1) is 0 Å². The minimum absolute atomic E-state index is 0. The number of carboxylic acid groups (broad SMARTS) is 1. The molecule has 0 heterocycles. The zero-order valence-electron chi connectivity index (χ0n) is 9.71. The molecule has 0 rings (SSSR count). The summed E-state index contributed by atoms with van der Waals surface area (Å²) in [4.78, 5) is 12.3. The van der Waals surface area contributed by atoms with Crippen LogP contribution in [0.4, 0.5) is 0 Å². The summed E-state index contributed by atoms with van der Waals surface area (Å²) in [6, 6.07) is 0. The van der Waals surface area contributed by atoms with E-state index in [4.69, 9.17) is 0 Å². The van der Waals surface area contributed by atoms with E-state index in [-0.39, 0.29) is 57.9 Å². The minimum Gasteiger partial charge on any atom is -0.549 e. The van der Waals surface area contributed by atoms with Crippen LogP contribution in [-0.2, 0) is 4.79 Å². The van der Waals surface area contributed by atoms with Gasteiger partial charge in [0.1, 0.15) is 0 Å². The second kappa shape index (κ2) is 12.1. The van der Waals surface area contributed by atoms with E-state index in [1.54, 1.807) is 0 Å². The first-order valence-corrected chi connectivity index (χ1v) is 5.12. The van der Waals surface area contributed by atoms with Crippen molar-refractivity contribution in [1.82, 2.24) is 4.90 Å². The number of nitrogens with zero attached hydrogens (tertiary/aromatic N) is 1. The minimum atomic E-state index is -0.966. The molecule has 0 aromatic rings. The molecule has 14 heavy (non-hydrogen) atoms. The second-order valence-corrected chi connectivity index (χ2v) is 3.36. The van der Waals surface area contributed by atoms with E-state index in [1.807, 2.05) is 4.90 Å². The third kappa shape index (κ3) is 11.1. The van der Waals surface area contributed by atoms with Gasteiger partial charge in [0.2, 0.25) is 0 Å². The molecule has 0 aliphatic heterocycles. The molecular weight excluding hydrogens is 205 g/mol. The Morgan fingerprint density at radius 2 is 1.57 bits per heavy atom. The fraction of sp³-hybridized carbons (Fsp3) is 0.900. The number of aliphatic carboxylic acids is 1. The van der Waals surface area contributed by atoms with Gasteiger partial charge in [-0.3, -0.25) is 4.90 Å². The Morgan fingerprint density at radius 3 is 1.86 bits per heavy atom. The molecule has 0 aromatic carbocycles. The van der Waals surface area contributed by atoms with Gasteiger partial charge >= 0.3 is 51.4 Å². The van der Waals surface area contributed by atoms with Gasteiger partial charge in [-0.25, -0.2) is 0 Å². The van der Waals surface area contributed by atoms with Crippen molar-refractivity contribution in [2.45, 2.75) is 39.5 Å². The molecule has 0 aliphatic carbocycles. The van der Waals surface area contributed by atoms with Gasteiger partial charge in [0.15, 0.2) is 0 Å². The SMILES string of the molecule is CCCCN(CCCC)CC(=O)[O-].[K+]. The zero-order chi connectivity index (χ0) is 10.1. The summed E-state index contributed by atoms with van der Waals surface area (Å²) in [5.74, 6) is -0.966. The van der Waals surface area contributed by atoms with Gasteiger partial charge < -0.3 is 9.90 Å². The molecule has 0 saturated heterocycles. The van der Waals surface area contributed by atoms with Crippen molar-refractivity contribution in [1.29, 1.82) is 0 Å². The van der Waals surface area contributed by atoms with Crippen LogP contribution in [0.25, 0.3) is 0 Å². The summed E-state index contributed by atoms with van der Waals surface area (Å²) in [7, 11) is 0. The molecule has 3 nitrogen and oxygen atoms in total. The van der Waals surface area contributed by atoms with E-state index < -0.39 is 5.97 Å². The van der Waals surface area contributed by atoms with Crippen LogP contribution in [0.5, 0.6) is 0 Å². The van der Waals surface area contributed by atoms with Crippen molar-refractivity contribution in [2.75, 3.05) is 19.6 Å². The van der Waals surface area contributed by atoms with Gasteiger partial charge in [-0.05, 0) is 25.9 Å². The van der Waals surface area contributed by atoms with Crippen molar-refractivity contribution in [3.8, 4) is 0 Å². The molecule has 0 aliphatic rings. The van der Waals surface area contributed by atoms with Gasteiger partial charge in [-0.2, -0.15) is 0 Å². The molecule has 0 saturated carbocycles. The number of carbonyl (C=O) groups is 1. The number of hydrogen-bond donors (Lipinski definition) is 0. The largest absolute Gasteiger partial charge is 1.00 e. The average Bonchev–Trinajstić information content (AvgIpc) is 2.09. The van der Waals surface area contributed by atoms with E-state index in [2.05, 4.69) is 13.8 Å². The average molecular weight is 225 g/mol. The molecular formula is C10H20KNO2. The first-order valence-electron chi connectivity index (χ1n) is 5.12. The number of carbonyl (C=O) groups excluding carboxylic acids is 1. The Morgan fingerprint density at radius 1 is 1.14 bits per heavy atom. The quantitative estimate of drug-likeness (QED) is 0.434. The Kier molecular flexibility index (Phi) is 15.1. The summed E-state index contributed by atoms with van der Waals surface area (Å²) in [5, 5.41) is 10.4. The molecule has 4 heteroatoms. The smallest absolute Gasteiger partial charge is 0.549 e. The summed E-state index contributed by atoms with van der Waals surface area (Å²) in [5.41, 5.74) is 0. The van der Waals surface area contributed by atoms with Crippen LogP contribution in [0.1, 0.15) is 39.5 Å². The molecule has 0 unspecified atom stereocenters. The molecule has 0 aromatic heterocycles. The fourth-order valence-electron chi connectivity index (χ4n) is 1.22. The van der Waals surface area contributed by atoms with Crippen LogP contribution in [0.3, 0.4) is 0 Å². The molecule has 0 radical (unpaired) electrons. The first-order chi connectivity index (χ1) is 6.20. The predicted octanol–water partition coefficient (Wildman–Crippen LogP) is -2.36. The summed E-state index contributed by atoms with van der Waals surface area (Å²) >= 11 is 0. The number of carboxylic acids is 1. The van der Waals surface area contributed by atoms with Gasteiger partial charge in [0.05, 0.1) is 5.97 Å². The second-order valence-electron chi connectivity index (χ2n) is 3.36. The Bertz CT molecular complexity index is 134. The third-order valence-corrected chi connectivity index (χ3v) is 2.01. The van der Waals surface area contributed by atoms with Crippen LogP contribution < -0.4 is 56.5 Å². The van der Waals surface area contributed by atoms with E-state index >= 15 is 0 Å². The Balaban J connectivity index is 0. The van der Waals surface area contributed by atoms with Crippen LogP contribution in [0.15, 0.2) is 0 Å². The summed E-state index contributed by atoms with van der Waals surface area (Å²) in [6.07, 6.45) is 4.35. The summed E-state index contributed by atoms with van der Waals surface area (Å²) < 4.78 is 0. The van der Waals surface area contributed by atoms with Crippen LogP contribution >= 0.6 is 0 Å². The molecule has 78 valence electrons. The van der Waals surface area contributed by atoms with Gasteiger partial charge in [0.25, 0.3) is 0 Å². The van der Waals surface area contributed by atoms with Crippen molar-refractivity contribution >= 4 is 5.97 Å². The first kappa shape index (κ1) is 17.5. The van der Waals surface area contributed by atoms with Crippen molar-refractivity contribution in [3.63, 3.8) is 0 Å². The zero-order valence-corrected chi connectivity index (χ0v) is 12.8. The standard InChI is InChI=1S/C10H21NO2.K/c1-3-5-7-11(8-6-4-2)9-10(12)13;/h3-9H2,1-2H3,(H,12,13);/q;+1/p-1. The monoisotopic (exact) mass is 225 g/mol. The summed E-state index contributed by atoms with van der Waals surface area (Å²) in [6.45, 7) is 6.06. The van der Waals surface area contributed by atoms with Crippen LogP contribution in [-0.4, -0.2) is 30.5 Å². The van der Waals surface area contributed by atoms with Crippen molar-refractivity contribution in [2.24, 2.45) is 0 Å². The van der Waals surface area contributed by atoms with E-state index in [0.717, 1.165) is 38.8 Å². The maximum Gasteiger partial charge on any atom is 1.00 e. The van der Waals surface area contributed by atoms with Crippen LogP contribution in [0, 0.1) is 0 Å². The Hall–Kier alpha value is 1.07. The fourth-order valence-corrected chi connectivity index (χ4v) is 1.22. The maximum atomic E-state index is 10.4. The van der Waals surface area contributed by atoms with Crippen molar-refractivity contribution < 1.29 is 61.3 Å². The van der Waals surface area contributed by atoms with E-state index in [1.165, 1.54) is 0 Å². The van der Waals surface area contributed by atoms with Gasteiger partial charge in [-0.1, -0.05) is 26.7 Å². The van der Waals surface area contributed by atoms with Crippen LogP contribution in [0.2, 0.25) is 0 Å². The molecule has 0 bridgehead atoms. The number of hydrogen-bond acceptors (Lipinski definition) is 3. The topological polar surface area (TPSA) is 43.4 Å². The molecule has 0 atom stereocenters. The van der Waals surface area contributed by atoms with E-state index in [0.29, 0.717) is 0 Å². The normalized spacial score (nSPS) is 9.93. The van der Waals surface area contributed by atoms with Crippen molar-refractivity contribution in [3.05, 3.63) is 0 Å². The number of unbranched alkanes of at least 4 members (excludes halogenated alkanes) is 2. The maximum absolute atomic E-state index is 10.4. The predicted molar refractivity (Wildman–Crippen MR) is 51.3 cm³/mol. The number of rotatable bonds is 8. The van der Waals surface area contributed by atoms with E-state index in [9.17, 15) is 9.90 Å². The molecule has 0 amide bonds.